The number of nitrogens with zero attached hydrogens (tertiary/aromatic N) is 3. The van der Waals surface area contributed by atoms with Crippen LogP contribution in [-0.4, -0.2) is 33.2 Å². The van der Waals surface area contributed by atoms with Gasteiger partial charge >= 0.3 is 0 Å². The van der Waals surface area contributed by atoms with Gasteiger partial charge in [0.05, 0.1) is 17.8 Å². The van der Waals surface area contributed by atoms with Crippen LogP contribution in [0, 0.1) is 5.41 Å². The summed E-state index contributed by atoms with van der Waals surface area (Å²) in [6.45, 7) is 4.30. The third-order valence-electron chi connectivity index (χ3n) is 3.56. The van der Waals surface area contributed by atoms with Gasteiger partial charge in [0.2, 0.25) is 6.41 Å². The third kappa shape index (κ3) is 2.85. The molecule has 24 heavy (non-hydrogen) atoms. The zero-order valence-corrected chi connectivity index (χ0v) is 13.4. The summed E-state index contributed by atoms with van der Waals surface area (Å²) < 4.78 is 0. The fourth-order valence-corrected chi connectivity index (χ4v) is 2.51. The molecule has 1 aliphatic rings. The molecule has 0 saturated heterocycles. The van der Waals surface area contributed by atoms with Crippen LogP contribution in [0.1, 0.15) is 30.5 Å². The molecule has 0 saturated carbocycles. The number of benzene rings is 1. The second-order valence-electron chi connectivity index (χ2n) is 5.75. The molecule has 0 radical (unpaired) electrons. The molecule has 1 amide bonds. The van der Waals surface area contributed by atoms with E-state index in [0.717, 1.165) is 5.56 Å². The number of nitrogens with two attached hydrogens (primary N) is 1. The van der Waals surface area contributed by atoms with E-state index in [1.807, 2.05) is 19.9 Å². The molecular formula is C16H18N6O2. The van der Waals surface area contributed by atoms with Crippen molar-refractivity contribution < 1.29 is 9.63 Å². The molecule has 0 bridgehead atoms. The van der Waals surface area contributed by atoms with E-state index in [2.05, 4.69) is 15.3 Å². The Kier molecular flexibility index (Phi) is 4.03. The summed E-state index contributed by atoms with van der Waals surface area (Å²) in [6.07, 6.45) is 1.99. The Morgan fingerprint density at radius 3 is 2.96 bits per heavy atom. The van der Waals surface area contributed by atoms with Crippen LogP contribution in [0.2, 0.25) is 0 Å². The van der Waals surface area contributed by atoms with Crippen LogP contribution in [0.4, 0.5) is 11.6 Å². The van der Waals surface area contributed by atoms with Gasteiger partial charge in [-0.05, 0) is 32.0 Å². The van der Waals surface area contributed by atoms with Gasteiger partial charge in [-0.15, -0.1) is 0 Å². The standard InChI is InChI=1S/C16H18N6O2/c1-9(2)21-16-13(15(18)19-7-20-16)14(17)10-3-4-12-11(5-10)6-22(8-23)24-12/h3-5,7-9,17H,6H2,1-2H3,(H3,18,19,20,21). The SMILES string of the molecule is CC(C)Nc1ncnc(N)c1C(=N)c1ccc2c(c1)CN(C=O)O2. The summed E-state index contributed by atoms with van der Waals surface area (Å²) >= 11 is 0. The average molecular weight is 326 g/mol. The van der Waals surface area contributed by atoms with Crippen molar-refractivity contribution in [2.24, 2.45) is 0 Å². The van der Waals surface area contributed by atoms with E-state index in [1.165, 1.54) is 11.4 Å². The number of carbonyl (C=O) groups excluding carboxylic acids is 1. The lowest BCUT2D eigenvalue weighted by Gasteiger charge is -2.15. The fraction of sp³-hybridized carbons (Fsp3) is 0.250. The monoisotopic (exact) mass is 326 g/mol. The molecule has 8 heteroatoms. The molecule has 0 spiro atoms. The molecule has 0 atom stereocenters. The predicted octanol–water partition coefficient (Wildman–Crippen LogP) is 1.56. The van der Waals surface area contributed by atoms with Gasteiger partial charge in [-0.2, -0.15) is 5.06 Å². The van der Waals surface area contributed by atoms with Gasteiger partial charge in [0.1, 0.15) is 18.0 Å². The molecule has 1 aliphatic heterocycles. The van der Waals surface area contributed by atoms with Crippen molar-refractivity contribution in [3.63, 3.8) is 0 Å². The number of aromatic nitrogens is 2. The van der Waals surface area contributed by atoms with Gasteiger partial charge < -0.3 is 15.9 Å². The maximum Gasteiger partial charge on any atom is 0.242 e. The van der Waals surface area contributed by atoms with Crippen molar-refractivity contribution >= 4 is 23.8 Å². The van der Waals surface area contributed by atoms with Gasteiger partial charge in [0.25, 0.3) is 0 Å². The molecule has 2 aromatic rings. The van der Waals surface area contributed by atoms with Crippen molar-refractivity contribution in [2.45, 2.75) is 26.4 Å². The van der Waals surface area contributed by atoms with Crippen LogP contribution >= 0.6 is 0 Å². The maximum absolute atomic E-state index is 10.8. The Bertz CT molecular complexity index is 805. The van der Waals surface area contributed by atoms with Crippen molar-refractivity contribution in [1.29, 1.82) is 5.41 Å². The summed E-state index contributed by atoms with van der Waals surface area (Å²) in [5, 5.41) is 12.9. The van der Waals surface area contributed by atoms with Crippen molar-refractivity contribution in [3.8, 4) is 5.75 Å². The lowest BCUT2D eigenvalue weighted by molar-refractivity contribution is -0.139. The second-order valence-corrected chi connectivity index (χ2v) is 5.75. The van der Waals surface area contributed by atoms with Gasteiger partial charge in [-0.1, -0.05) is 0 Å². The quantitative estimate of drug-likeness (QED) is 0.567. The molecule has 1 aromatic carbocycles. The molecule has 1 aromatic heterocycles. The van der Waals surface area contributed by atoms with Gasteiger partial charge in [-0.25, -0.2) is 9.97 Å². The number of amides is 1. The average Bonchev–Trinajstić information content (AvgIpc) is 2.96. The summed E-state index contributed by atoms with van der Waals surface area (Å²) in [6, 6.07) is 5.44. The summed E-state index contributed by atoms with van der Waals surface area (Å²) in [5.41, 5.74) is 8.13. The molecule has 0 fully saturated rings. The van der Waals surface area contributed by atoms with Crippen LogP contribution < -0.4 is 15.9 Å². The minimum absolute atomic E-state index is 0.139. The van der Waals surface area contributed by atoms with E-state index >= 15 is 0 Å². The first-order valence-corrected chi connectivity index (χ1v) is 7.48. The summed E-state index contributed by atoms with van der Waals surface area (Å²) in [5.74, 6) is 1.37. The highest BCUT2D eigenvalue weighted by Crippen LogP contribution is 2.30. The van der Waals surface area contributed by atoms with Crippen LogP contribution in [0.3, 0.4) is 0 Å². The highest BCUT2D eigenvalue weighted by Gasteiger charge is 2.22. The molecular weight excluding hydrogens is 308 g/mol. The number of carbonyl (C=O) groups is 1. The van der Waals surface area contributed by atoms with Crippen molar-refractivity contribution in [2.75, 3.05) is 11.1 Å². The Labute approximate surface area is 139 Å². The lowest BCUT2D eigenvalue weighted by Crippen LogP contribution is -2.18. The topological polar surface area (TPSA) is 117 Å². The Balaban J connectivity index is 1.98. The number of nitrogen functional groups attached to an aromatic ring is 1. The number of anilines is 2. The van der Waals surface area contributed by atoms with Gasteiger partial charge in [0, 0.05) is 17.2 Å². The summed E-state index contributed by atoms with van der Waals surface area (Å²) in [7, 11) is 0. The first kappa shape index (κ1) is 15.7. The van der Waals surface area contributed by atoms with Crippen molar-refractivity contribution in [3.05, 3.63) is 41.2 Å². The number of rotatable bonds is 5. The Morgan fingerprint density at radius 2 is 2.25 bits per heavy atom. The van der Waals surface area contributed by atoms with E-state index in [0.29, 0.717) is 35.6 Å². The van der Waals surface area contributed by atoms with E-state index in [1.54, 1.807) is 12.1 Å². The molecule has 124 valence electrons. The van der Waals surface area contributed by atoms with Gasteiger partial charge in [-0.3, -0.25) is 10.2 Å². The molecule has 0 aliphatic carbocycles. The van der Waals surface area contributed by atoms with Crippen LogP contribution in [0.25, 0.3) is 0 Å². The van der Waals surface area contributed by atoms with Crippen LogP contribution in [-0.2, 0) is 11.3 Å². The number of nitrogens with one attached hydrogen (secondary N) is 2. The molecule has 8 nitrogen and oxygen atoms in total. The largest absolute Gasteiger partial charge is 0.383 e. The predicted molar refractivity (Wildman–Crippen MR) is 89.8 cm³/mol. The first-order chi connectivity index (χ1) is 11.5. The zero-order valence-electron chi connectivity index (χ0n) is 13.4. The zero-order chi connectivity index (χ0) is 17.3. The van der Waals surface area contributed by atoms with Crippen molar-refractivity contribution in [1.82, 2.24) is 15.0 Å². The number of fused-ring (bicyclic) bond motifs is 1. The van der Waals surface area contributed by atoms with E-state index in [9.17, 15) is 4.79 Å². The van der Waals surface area contributed by atoms with Gasteiger partial charge in [0.15, 0.2) is 5.75 Å². The molecule has 3 rings (SSSR count). The number of hydrogen-bond acceptors (Lipinski definition) is 7. The fourth-order valence-electron chi connectivity index (χ4n) is 2.51. The molecule has 4 N–H and O–H groups in total. The highest BCUT2D eigenvalue weighted by molar-refractivity contribution is 6.16. The normalized spacial score (nSPS) is 12.7. The Morgan fingerprint density at radius 1 is 1.46 bits per heavy atom. The second kappa shape index (κ2) is 6.15. The molecule has 0 unspecified atom stereocenters. The van der Waals surface area contributed by atoms with E-state index in [4.69, 9.17) is 16.0 Å². The summed E-state index contributed by atoms with van der Waals surface area (Å²) in [4.78, 5) is 24.4. The smallest absolute Gasteiger partial charge is 0.242 e. The molecule has 2 heterocycles. The number of hydroxylamine groups is 2. The van der Waals surface area contributed by atoms with Crippen LogP contribution in [0.15, 0.2) is 24.5 Å². The lowest BCUT2D eigenvalue weighted by atomic mass is 10.0. The van der Waals surface area contributed by atoms with E-state index in [-0.39, 0.29) is 17.6 Å². The third-order valence-corrected chi connectivity index (χ3v) is 3.56. The Hall–Kier alpha value is -3.16. The minimum Gasteiger partial charge on any atom is -0.383 e. The minimum atomic E-state index is 0.139. The van der Waals surface area contributed by atoms with Crippen LogP contribution in [0.5, 0.6) is 5.75 Å². The van der Waals surface area contributed by atoms with E-state index < -0.39 is 0 Å². The maximum atomic E-state index is 10.8. The highest BCUT2D eigenvalue weighted by atomic mass is 16.7. The first-order valence-electron chi connectivity index (χ1n) is 7.48. The number of hydrogen-bond donors (Lipinski definition) is 3.